The van der Waals surface area contributed by atoms with Crippen LogP contribution in [0.5, 0.6) is 5.75 Å². The summed E-state index contributed by atoms with van der Waals surface area (Å²) in [6.07, 6.45) is -0.881. The molecule has 28 heavy (non-hydrogen) atoms. The first-order chi connectivity index (χ1) is 12.8. The molecule has 156 valence electrons. The minimum Gasteiger partial charge on any atom is -0.444 e. The highest BCUT2D eigenvalue weighted by molar-refractivity contribution is 7.88. The van der Waals surface area contributed by atoms with E-state index in [1.54, 1.807) is 26.8 Å². The van der Waals surface area contributed by atoms with Gasteiger partial charge in [0.2, 0.25) is 0 Å². The lowest BCUT2D eigenvalue weighted by Gasteiger charge is -2.28. The number of halogens is 3. The molecule has 11 heteroatoms. The number of carbonyl (C=O) groups is 1. The van der Waals surface area contributed by atoms with E-state index in [0.717, 1.165) is 6.07 Å². The topological polar surface area (TPSA) is 82.1 Å². The van der Waals surface area contributed by atoms with Gasteiger partial charge in [0.25, 0.3) is 0 Å². The van der Waals surface area contributed by atoms with Crippen molar-refractivity contribution in [1.82, 2.24) is 4.90 Å². The van der Waals surface area contributed by atoms with Crippen molar-refractivity contribution < 1.29 is 40.0 Å². The highest BCUT2D eigenvalue weighted by Gasteiger charge is 2.49. The Morgan fingerprint density at radius 2 is 1.89 bits per heavy atom. The smallest absolute Gasteiger partial charge is 0.444 e. The fourth-order valence-corrected chi connectivity index (χ4v) is 3.72. The summed E-state index contributed by atoms with van der Waals surface area (Å²) in [6.45, 7) is 5.61. The molecule has 1 amide bonds. The number of nitrogens with zero attached hydrogens (tertiary/aromatic N) is 1. The average molecular weight is 423 g/mol. The van der Waals surface area contributed by atoms with Gasteiger partial charge in [-0.25, -0.2) is 4.79 Å². The lowest BCUT2D eigenvalue weighted by atomic mass is 9.89. The molecule has 2 heterocycles. The maximum Gasteiger partial charge on any atom is 0.534 e. The van der Waals surface area contributed by atoms with Crippen LogP contribution in [0.2, 0.25) is 0 Å². The van der Waals surface area contributed by atoms with Crippen LogP contribution in [0.25, 0.3) is 0 Å². The third-order valence-electron chi connectivity index (χ3n) is 4.41. The number of amides is 1. The van der Waals surface area contributed by atoms with Gasteiger partial charge in [0, 0.05) is 18.0 Å². The molecule has 0 aromatic heterocycles. The standard InChI is InChI=1S/C17H20F3NO6S/c1-16(2,3)26-15(22)21-7-11-10-5-4-6-13(12(10)9-25-14(11)8-21)27-28(23,24)17(18,19)20/h4-6,11,14H,7-9H2,1-3H3/t11-,14+/m1/s1. The molecule has 1 aromatic rings. The highest BCUT2D eigenvalue weighted by Crippen LogP contribution is 2.41. The Labute approximate surface area is 160 Å². The van der Waals surface area contributed by atoms with Gasteiger partial charge in [-0.05, 0) is 32.4 Å². The van der Waals surface area contributed by atoms with Crippen molar-refractivity contribution in [1.29, 1.82) is 0 Å². The van der Waals surface area contributed by atoms with E-state index in [9.17, 15) is 26.4 Å². The van der Waals surface area contributed by atoms with Crippen molar-refractivity contribution in [2.75, 3.05) is 13.1 Å². The summed E-state index contributed by atoms with van der Waals surface area (Å²) >= 11 is 0. The van der Waals surface area contributed by atoms with Crippen LogP contribution in [-0.4, -0.2) is 49.7 Å². The second kappa shape index (κ2) is 6.80. The summed E-state index contributed by atoms with van der Waals surface area (Å²) in [5, 5.41) is 0. The van der Waals surface area contributed by atoms with Crippen LogP contribution in [0, 0.1) is 0 Å². The number of hydrogen-bond acceptors (Lipinski definition) is 6. The molecule has 0 radical (unpaired) electrons. The van der Waals surface area contributed by atoms with Crippen molar-refractivity contribution in [3.8, 4) is 5.75 Å². The maximum atomic E-state index is 12.6. The van der Waals surface area contributed by atoms with Crippen molar-refractivity contribution >= 4 is 16.2 Å². The number of rotatable bonds is 2. The quantitative estimate of drug-likeness (QED) is 0.537. The van der Waals surface area contributed by atoms with Gasteiger partial charge in [0.05, 0.1) is 19.3 Å². The molecule has 1 aromatic carbocycles. The van der Waals surface area contributed by atoms with E-state index in [4.69, 9.17) is 9.47 Å². The Bertz CT molecular complexity index is 878. The van der Waals surface area contributed by atoms with Crippen LogP contribution in [0.4, 0.5) is 18.0 Å². The number of ether oxygens (including phenoxy) is 2. The van der Waals surface area contributed by atoms with Crippen LogP contribution in [0.3, 0.4) is 0 Å². The van der Waals surface area contributed by atoms with E-state index < -0.39 is 33.1 Å². The molecule has 0 bridgehead atoms. The summed E-state index contributed by atoms with van der Waals surface area (Å²) < 4.78 is 76.0. The zero-order valence-corrected chi connectivity index (χ0v) is 16.3. The molecular formula is C17H20F3NO6S. The first-order valence-electron chi connectivity index (χ1n) is 8.50. The molecule has 1 fully saturated rings. The molecule has 2 aliphatic heterocycles. The normalized spacial score (nSPS) is 22.4. The lowest BCUT2D eigenvalue weighted by Crippen LogP contribution is -2.36. The molecule has 0 unspecified atom stereocenters. The SMILES string of the molecule is CC(C)(C)OC(=O)N1C[C@@H]2OCc3c(OS(=O)(=O)C(F)(F)F)cccc3[C@H]2C1. The summed E-state index contributed by atoms with van der Waals surface area (Å²) in [5.74, 6) is -0.752. The molecule has 2 atom stereocenters. The molecule has 7 nitrogen and oxygen atoms in total. The van der Waals surface area contributed by atoms with Gasteiger partial charge in [-0.1, -0.05) is 12.1 Å². The molecule has 0 N–H and O–H groups in total. The van der Waals surface area contributed by atoms with Gasteiger partial charge < -0.3 is 18.6 Å². The summed E-state index contributed by atoms with van der Waals surface area (Å²) in [5.41, 5.74) is -5.38. The predicted molar refractivity (Wildman–Crippen MR) is 91.2 cm³/mol. The Morgan fingerprint density at radius 1 is 1.21 bits per heavy atom. The van der Waals surface area contributed by atoms with E-state index in [0.29, 0.717) is 5.56 Å². The van der Waals surface area contributed by atoms with E-state index >= 15 is 0 Å². The molecule has 0 spiro atoms. The first-order valence-corrected chi connectivity index (χ1v) is 9.91. The monoisotopic (exact) mass is 423 g/mol. The largest absolute Gasteiger partial charge is 0.534 e. The number of likely N-dealkylation sites (tertiary alicyclic amines) is 1. The Hall–Kier alpha value is -2.01. The molecule has 1 saturated heterocycles. The van der Waals surface area contributed by atoms with Crippen molar-refractivity contribution in [2.24, 2.45) is 0 Å². The van der Waals surface area contributed by atoms with E-state index in [1.807, 2.05) is 0 Å². The van der Waals surface area contributed by atoms with E-state index in [-0.39, 0.29) is 37.3 Å². The average Bonchev–Trinajstić information content (AvgIpc) is 2.97. The Kier molecular flexibility index (Phi) is 5.03. The van der Waals surface area contributed by atoms with Crippen molar-refractivity contribution in [3.05, 3.63) is 29.3 Å². The van der Waals surface area contributed by atoms with Crippen LogP contribution in [-0.2, 0) is 26.2 Å². The van der Waals surface area contributed by atoms with Crippen LogP contribution >= 0.6 is 0 Å². The van der Waals surface area contributed by atoms with E-state index in [2.05, 4.69) is 4.18 Å². The van der Waals surface area contributed by atoms with Gasteiger partial charge in [-0.2, -0.15) is 21.6 Å². The van der Waals surface area contributed by atoms with Gasteiger partial charge in [-0.3, -0.25) is 0 Å². The molecule has 3 rings (SSSR count). The number of alkyl halides is 3. The summed E-state index contributed by atoms with van der Waals surface area (Å²) in [6, 6.07) is 4.23. The summed E-state index contributed by atoms with van der Waals surface area (Å²) in [4.78, 5) is 13.8. The minimum absolute atomic E-state index is 0.123. The van der Waals surface area contributed by atoms with Crippen LogP contribution in [0.15, 0.2) is 18.2 Å². The number of carbonyl (C=O) groups excluding carboxylic acids is 1. The van der Waals surface area contributed by atoms with Gasteiger partial charge in [0.1, 0.15) is 11.4 Å². The highest BCUT2D eigenvalue weighted by atomic mass is 32.2. The fraction of sp³-hybridized carbons (Fsp3) is 0.588. The number of hydrogen-bond donors (Lipinski definition) is 0. The predicted octanol–water partition coefficient (Wildman–Crippen LogP) is 3.15. The van der Waals surface area contributed by atoms with Gasteiger partial charge in [0.15, 0.2) is 0 Å². The third-order valence-corrected chi connectivity index (χ3v) is 5.38. The van der Waals surface area contributed by atoms with Crippen molar-refractivity contribution in [3.63, 3.8) is 0 Å². The zero-order valence-electron chi connectivity index (χ0n) is 15.4. The van der Waals surface area contributed by atoms with Gasteiger partial charge in [-0.15, -0.1) is 0 Å². The molecule has 0 saturated carbocycles. The Morgan fingerprint density at radius 3 is 2.50 bits per heavy atom. The fourth-order valence-electron chi connectivity index (χ4n) is 3.24. The molecule has 2 aliphatic rings. The van der Waals surface area contributed by atoms with Crippen LogP contribution < -0.4 is 4.18 Å². The Balaban J connectivity index is 1.84. The van der Waals surface area contributed by atoms with E-state index in [1.165, 1.54) is 11.0 Å². The number of benzene rings is 1. The zero-order chi connectivity index (χ0) is 20.9. The molecular weight excluding hydrogens is 403 g/mol. The van der Waals surface area contributed by atoms with Crippen molar-refractivity contribution in [2.45, 2.75) is 50.5 Å². The minimum atomic E-state index is -5.79. The summed E-state index contributed by atoms with van der Waals surface area (Å²) in [7, 11) is -5.79. The number of fused-ring (bicyclic) bond motifs is 3. The second-order valence-corrected chi connectivity index (χ2v) is 9.19. The van der Waals surface area contributed by atoms with Crippen LogP contribution in [0.1, 0.15) is 37.8 Å². The lowest BCUT2D eigenvalue weighted by molar-refractivity contribution is -0.0501. The maximum absolute atomic E-state index is 12.6. The first kappa shape index (κ1) is 20.7. The third kappa shape index (κ3) is 4.04. The second-order valence-electron chi connectivity index (χ2n) is 7.65. The van der Waals surface area contributed by atoms with Gasteiger partial charge >= 0.3 is 21.7 Å². The molecule has 0 aliphatic carbocycles.